The van der Waals surface area contributed by atoms with Gasteiger partial charge in [0.25, 0.3) is 11.8 Å². The van der Waals surface area contributed by atoms with Crippen molar-refractivity contribution >= 4 is 23.7 Å². The molecule has 0 bridgehead atoms. The molecule has 2 aromatic carbocycles. The summed E-state index contributed by atoms with van der Waals surface area (Å²) in [6, 6.07) is 8.01. The number of amides is 3. The van der Waals surface area contributed by atoms with E-state index in [0.717, 1.165) is 12.1 Å². The van der Waals surface area contributed by atoms with Crippen LogP contribution in [0.5, 0.6) is 0 Å². The lowest BCUT2D eigenvalue weighted by molar-refractivity contribution is -0.145. The zero-order chi connectivity index (χ0) is 24.1. The van der Waals surface area contributed by atoms with E-state index in [0.29, 0.717) is 0 Å². The zero-order valence-electron chi connectivity index (χ0n) is 18.1. The summed E-state index contributed by atoms with van der Waals surface area (Å²) in [4.78, 5) is 53.3. The van der Waals surface area contributed by atoms with Crippen LogP contribution in [0.4, 0.5) is 8.78 Å². The van der Waals surface area contributed by atoms with Crippen molar-refractivity contribution in [3.05, 3.63) is 71.3 Å². The smallest absolute Gasteiger partial charge is 0.328 e. The maximum Gasteiger partial charge on any atom is 0.328 e. The Morgan fingerprint density at radius 1 is 0.970 bits per heavy atom. The number of piperazine rings is 1. The highest BCUT2D eigenvalue weighted by atomic mass is 19.1. The molecule has 1 aliphatic rings. The zero-order valence-corrected chi connectivity index (χ0v) is 18.1. The SMILES string of the molecule is COC(=O)[C@@H](C)NC(=O)[C@H]1CN(C(=O)c2cccc(F)c2)CCN1C(=O)c1cccc(F)c1. The summed E-state index contributed by atoms with van der Waals surface area (Å²) < 4.78 is 31.8. The second-order valence-electron chi connectivity index (χ2n) is 7.54. The minimum Gasteiger partial charge on any atom is -0.467 e. The standard InChI is InChI=1S/C23H23F2N3O5/c1-14(23(32)33-2)26-20(29)19-13-27(21(30)15-5-3-7-17(24)11-15)9-10-28(19)22(31)16-6-4-8-18(25)12-16/h3-8,11-12,14,19H,9-10,13H2,1-2H3,(H,26,29)/t14-,19-/m1/s1. The number of carbonyl (C=O) groups is 4. The first-order chi connectivity index (χ1) is 15.7. The van der Waals surface area contributed by atoms with E-state index in [1.165, 1.54) is 60.2 Å². The van der Waals surface area contributed by atoms with Crippen molar-refractivity contribution in [1.82, 2.24) is 15.1 Å². The van der Waals surface area contributed by atoms with Gasteiger partial charge in [0.1, 0.15) is 23.7 Å². The molecule has 174 valence electrons. The maximum absolute atomic E-state index is 13.7. The Kier molecular flexibility index (Phi) is 7.37. The van der Waals surface area contributed by atoms with Crippen LogP contribution in [-0.4, -0.2) is 72.3 Å². The molecule has 1 heterocycles. The van der Waals surface area contributed by atoms with Gasteiger partial charge in [-0.1, -0.05) is 12.1 Å². The Morgan fingerprint density at radius 3 is 2.09 bits per heavy atom. The molecular formula is C23H23F2N3O5. The number of halogens is 2. The molecule has 0 unspecified atom stereocenters. The molecule has 1 N–H and O–H groups in total. The molecule has 2 aromatic rings. The van der Waals surface area contributed by atoms with Crippen LogP contribution < -0.4 is 5.32 Å². The third-order valence-corrected chi connectivity index (χ3v) is 5.29. The lowest BCUT2D eigenvalue weighted by atomic mass is 10.1. The summed E-state index contributed by atoms with van der Waals surface area (Å²) >= 11 is 0. The highest BCUT2D eigenvalue weighted by Gasteiger charge is 2.38. The second-order valence-corrected chi connectivity index (χ2v) is 7.54. The van der Waals surface area contributed by atoms with Crippen molar-refractivity contribution in [2.24, 2.45) is 0 Å². The fourth-order valence-corrected chi connectivity index (χ4v) is 3.57. The monoisotopic (exact) mass is 459 g/mol. The largest absolute Gasteiger partial charge is 0.467 e. The summed E-state index contributed by atoms with van der Waals surface area (Å²) in [6.07, 6.45) is 0. The van der Waals surface area contributed by atoms with Crippen LogP contribution in [-0.2, 0) is 14.3 Å². The van der Waals surface area contributed by atoms with Gasteiger partial charge >= 0.3 is 5.97 Å². The molecule has 0 radical (unpaired) electrons. The molecule has 1 saturated heterocycles. The number of rotatable bonds is 5. The summed E-state index contributed by atoms with van der Waals surface area (Å²) in [5.74, 6) is -3.67. The van der Waals surface area contributed by atoms with Crippen LogP contribution in [0.15, 0.2) is 48.5 Å². The van der Waals surface area contributed by atoms with E-state index in [2.05, 4.69) is 10.1 Å². The normalized spacial score (nSPS) is 16.7. The lowest BCUT2D eigenvalue weighted by Gasteiger charge is -2.40. The third-order valence-electron chi connectivity index (χ3n) is 5.29. The molecule has 0 saturated carbocycles. The van der Waals surface area contributed by atoms with Gasteiger partial charge in [-0.2, -0.15) is 0 Å². The molecule has 3 amide bonds. The summed E-state index contributed by atoms with van der Waals surface area (Å²) in [7, 11) is 1.17. The molecule has 0 aliphatic carbocycles. The quantitative estimate of drug-likeness (QED) is 0.686. The topological polar surface area (TPSA) is 96.0 Å². The summed E-state index contributed by atoms with van der Waals surface area (Å²) in [6.45, 7) is 1.27. The number of methoxy groups -OCH3 is 1. The number of hydrogen-bond acceptors (Lipinski definition) is 5. The van der Waals surface area contributed by atoms with E-state index in [-0.39, 0.29) is 30.8 Å². The Hall–Kier alpha value is -3.82. The Labute approximate surface area is 189 Å². The molecule has 0 spiro atoms. The van der Waals surface area contributed by atoms with E-state index in [9.17, 15) is 28.0 Å². The maximum atomic E-state index is 13.7. The van der Waals surface area contributed by atoms with Crippen molar-refractivity contribution in [2.75, 3.05) is 26.7 Å². The molecule has 0 aromatic heterocycles. The predicted octanol–water partition coefficient (Wildman–Crippen LogP) is 1.61. The molecule has 8 nitrogen and oxygen atoms in total. The van der Waals surface area contributed by atoms with Gasteiger partial charge in [0.15, 0.2) is 0 Å². The van der Waals surface area contributed by atoms with E-state index in [1.54, 1.807) is 0 Å². The van der Waals surface area contributed by atoms with Gasteiger partial charge < -0.3 is 19.9 Å². The molecule has 1 aliphatic heterocycles. The van der Waals surface area contributed by atoms with Crippen molar-refractivity contribution < 1.29 is 32.7 Å². The number of nitrogens with zero attached hydrogens (tertiary/aromatic N) is 2. The summed E-state index contributed by atoms with van der Waals surface area (Å²) in [5, 5.41) is 2.48. The molecule has 33 heavy (non-hydrogen) atoms. The number of carbonyl (C=O) groups excluding carboxylic acids is 4. The van der Waals surface area contributed by atoms with Crippen LogP contribution in [0.2, 0.25) is 0 Å². The van der Waals surface area contributed by atoms with E-state index < -0.39 is 47.4 Å². The van der Waals surface area contributed by atoms with Gasteiger partial charge in [0.2, 0.25) is 5.91 Å². The summed E-state index contributed by atoms with van der Waals surface area (Å²) in [5.41, 5.74) is 0.140. The van der Waals surface area contributed by atoms with E-state index >= 15 is 0 Å². The van der Waals surface area contributed by atoms with Gasteiger partial charge in [0.05, 0.1) is 13.7 Å². The average molecular weight is 459 g/mol. The molecule has 3 rings (SSSR count). The number of nitrogens with one attached hydrogen (secondary N) is 1. The van der Waals surface area contributed by atoms with E-state index in [1.807, 2.05) is 0 Å². The van der Waals surface area contributed by atoms with Gasteiger partial charge in [-0.05, 0) is 43.3 Å². The fraction of sp³-hybridized carbons (Fsp3) is 0.304. The average Bonchev–Trinajstić information content (AvgIpc) is 2.82. The molecule has 2 atom stereocenters. The molecule has 10 heteroatoms. The number of ether oxygens (including phenoxy) is 1. The van der Waals surface area contributed by atoms with Gasteiger partial charge in [-0.3, -0.25) is 14.4 Å². The number of hydrogen-bond donors (Lipinski definition) is 1. The van der Waals surface area contributed by atoms with Crippen LogP contribution in [0.1, 0.15) is 27.6 Å². The Balaban J connectivity index is 1.87. The first-order valence-corrected chi connectivity index (χ1v) is 10.2. The van der Waals surface area contributed by atoms with Crippen LogP contribution >= 0.6 is 0 Å². The Bertz CT molecular complexity index is 1080. The predicted molar refractivity (Wildman–Crippen MR) is 113 cm³/mol. The number of esters is 1. The highest BCUT2D eigenvalue weighted by molar-refractivity contribution is 5.99. The van der Waals surface area contributed by atoms with Crippen LogP contribution in [0.3, 0.4) is 0 Å². The third kappa shape index (κ3) is 5.51. The van der Waals surface area contributed by atoms with Gasteiger partial charge in [0, 0.05) is 24.2 Å². The van der Waals surface area contributed by atoms with Crippen molar-refractivity contribution in [3.8, 4) is 0 Å². The Morgan fingerprint density at radius 2 is 1.55 bits per heavy atom. The van der Waals surface area contributed by atoms with Crippen LogP contribution in [0, 0.1) is 11.6 Å². The molecular weight excluding hydrogens is 436 g/mol. The minimum absolute atomic E-state index is 0.0267. The first kappa shape index (κ1) is 23.8. The van der Waals surface area contributed by atoms with Crippen molar-refractivity contribution in [1.29, 1.82) is 0 Å². The van der Waals surface area contributed by atoms with Crippen LogP contribution in [0.25, 0.3) is 0 Å². The highest BCUT2D eigenvalue weighted by Crippen LogP contribution is 2.18. The van der Waals surface area contributed by atoms with Gasteiger partial charge in [-0.25, -0.2) is 13.6 Å². The van der Waals surface area contributed by atoms with Gasteiger partial charge in [-0.15, -0.1) is 0 Å². The number of benzene rings is 2. The fourth-order valence-electron chi connectivity index (χ4n) is 3.57. The first-order valence-electron chi connectivity index (χ1n) is 10.2. The second kappa shape index (κ2) is 10.2. The van der Waals surface area contributed by atoms with Crippen molar-refractivity contribution in [2.45, 2.75) is 19.0 Å². The van der Waals surface area contributed by atoms with E-state index in [4.69, 9.17) is 0 Å². The van der Waals surface area contributed by atoms with Crippen molar-refractivity contribution in [3.63, 3.8) is 0 Å². The molecule has 1 fully saturated rings. The lowest BCUT2D eigenvalue weighted by Crippen LogP contribution is -2.62. The minimum atomic E-state index is -1.17.